The third-order valence-corrected chi connectivity index (χ3v) is 4.63. The standard InChI is InChI=1S/C18H21N3O3/c1-12-5-3-6-13(9-12)15-14(20-11-24-15)16(22)21-8-4-7-18(2,10-21)17(19)23/h3,5-6,9,11H,4,7-8,10H2,1-2H3,(H2,19,23). The topological polar surface area (TPSA) is 89.4 Å². The Balaban J connectivity index is 1.89. The number of aryl methyl sites for hydroxylation is 1. The molecule has 126 valence electrons. The maximum absolute atomic E-state index is 12.9. The largest absolute Gasteiger partial charge is 0.443 e. The van der Waals surface area contributed by atoms with E-state index in [1.54, 1.807) is 11.8 Å². The van der Waals surface area contributed by atoms with Gasteiger partial charge in [-0.1, -0.05) is 23.8 Å². The van der Waals surface area contributed by atoms with E-state index in [1.807, 2.05) is 31.2 Å². The van der Waals surface area contributed by atoms with Gasteiger partial charge in [0.2, 0.25) is 5.91 Å². The molecule has 1 aromatic heterocycles. The summed E-state index contributed by atoms with van der Waals surface area (Å²) in [6.45, 7) is 4.67. The number of hydrogen-bond acceptors (Lipinski definition) is 4. The van der Waals surface area contributed by atoms with Crippen molar-refractivity contribution in [1.82, 2.24) is 9.88 Å². The first-order valence-corrected chi connectivity index (χ1v) is 8.00. The number of nitrogens with zero attached hydrogens (tertiary/aromatic N) is 2. The molecule has 0 aliphatic carbocycles. The molecule has 3 rings (SSSR count). The minimum atomic E-state index is -0.693. The third kappa shape index (κ3) is 2.91. The van der Waals surface area contributed by atoms with Crippen molar-refractivity contribution in [3.63, 3.8) is 0 Å². The molecular weight excluding hydrogens is 306 g/mol. The van der Waals surface area contributed by atoms with Crippen molar-refractivity contribution in [2.45, 2.75) is 26.7 Å². The molecule has 24 heavy (non-hydrogen) atoms. The summed E-state index contributed by atoms with van der Waals surface area (Å²) >= 11 is 0. The molecule has 6 heteroatoms. The van der Waals surface area contributed by atoms with Crippen LogP contribution in [0.1, 0.15) is 35.8 Å². The van der Waals surface area contributed by atoms with Crippen LogP contribution in [0.5, 0.6) is 0 Å². The van der Waals surface area contributed by atoms with Crippen LogP contribution in [0.3, 0.4) is 0 Å². The lowest BCUT2D eigenvalue weighted by Gasteiger charge is -2.38. The van der Waals surface area contributed by atoms with Gasteiger partial charge in [0.1, 0.15) is 0 Å². The van der Waals surface area contributed by atoms with E-state index in [-0.39, 0.29) is 17.5 Å². The number of carbonyl (C=O) groups excluding carboxylic acids is 2. The molecule has 2 N–H and O–H groups in total. The first-order chi connectivity index (χ1) is 11.4. The highest BCUT2D eigenvalue weighted by atomic mass is 16.3. The number of amides is 2. The van der Waals surface area contributed by atoms with E-state index >= 15 is 0 Å². The van der Waals surface area contributed by atoms with Crippen LogP contribution in [0.2, 0.25) is 0 Å². The fourth-order valence-corrected chi connectivity index (χ4v) is 3.15. The van der Waals surface area contributed by atoms with Crippen LogP contribution in [-0.2, 0) is 4.79 Å². The summed E-state index contributed by atoms with van der Waals surface area (Å²) in [5.41, 5.74) is 6.97. The lowest BCUT2D eigenvalue weighted by atomic mass is 9.81. The molecule has 1 aromatic carbocycles. The van der Waals surface area contributed by atoms with Gasteiger partial charge in [-0.15, -0.1) is 0 Å². The second-order valence-electron chi connectivity index (χ2n) is 6.65. The summed E-state index contributed by atoms with van der Waals surface area (Å²) in [5, 5.41) is 0. The molecule has 2 amide bonds. The lowest BCUT2D eigenvalue weighted by Crippen LogP contribution is -2.50. The Kier molecular flexibility index (Phi) is 4.13. The van der Waals surface area contributed by atoms with Crippen LogP contribution in [-0.4, -0.2) is 34.8 Å². The molecule has 1 fully saturated rings. The number of rotatable bonds is 3. The number of piperidine rings is 1. The van der Waals surface area contributed by atoms with E-state index in [0.717, 1.165) is 17.5 Å². The molecule has 1 atom stereocenters. The average Bonchev–Trinajstić information content (AvgIpc) is 3.03. The first-order valence-electron chi connectivity index (χ1n) is 8.00. The van der Waals surface area contributed by atoms with Crippen LogP contribution < -0.4 is 5.73 Å². The van der Waals surface area contributed by atoms with Crippen LogP contribution in [0, 0.1) is 12.3 Å². The molecule has 2 aromatic rings. The number of carbonyl (C=O) groups is 2. The van der Waals surface area contributed by atoms with Crippen molar-refractivity contribution in [1.29, 1.82) is 0 Å². The van der Waals surface area contributed by atoms with Crippen molar-refractivity contribution in [3.05, 3.63) is 41.9 Å². The van der Waals surface area contributed by atoms with Gasteiger partial charge in [-0.2, -0.15) is 0 Å². The fraction of sp³-hybridized carbons (Fsp3) is 0.389. The number of hydrogen-bond donors (Lipinski definition) is 1. The van der Waals surface area contributed by atoms with Gasteiger partial charge in [-0.3, -0.25) is 9.59 Å². The predicted molar refractivity (Wildman–Crippen MR) is 89.1 cm³/mol. The molecular formula is C18H21N3O3. The van der Waals surface area contributed by atoms with E-state index in [1.165, 1.54) is 6.39 Å². The molecule has 0 spiro atoms. The normalized spacial score (nSPS) is 20.8. The van der Waals surface area contributed by atoms with E-state index < -0.39 is 5.41 Å². The van der Waals surface area contributed by atoms with Gasteiger partial charge in [-0.05, 0) is 32.8 Å². The summed E-state index contributed by atoms with van der Waals surface area (Å²) in [5.74, 6) is -0.151. The van der Waals surface area contributed by atoms with Gasteiger partial charge in [0.15, 0.2) is 17.8 Å². The Morgan fingerprint density at radius 3 is 2.88 bits per heavy atom. The Morgan fingerprint density at radius 2 is 2.17 bits per heavy atom. The van der Waals surface area contributed by atoms with E-state index in [2.05, 4.69) is 4.98 Å². The Labute approximate surface area is 140 Å². The van der Waals surface area contributed by atoms with Gasteiger partial charge in [-0.25, -0.2) is 4.98 Å². The SMILES string of the molecule is Cc1cccc(-c2ocnc2C(=O)N2CCCC(C)(C(N)=O)C2)c1. The van der Waals surface area contributed by atoms with Crippen molar-refractivity contribution in [2.75, 3.05) is 13.1 Å². The predicted octanol–water partition coefficient (Wildman–Crippen LogP) is 2.38. The average molecular weight is 327 g/mol. The first kappa shape index (κ1) is 16.2. The minimum absolute atomic E-state index is 0.229. The number of aromatic nitrogens is 1. The maximum atomic E-state index is 12.9. The van der Waals surface area contributed by atoms with Crippen LogP contribution >= 0.6 is 0 Å². The molecule has 1 aliphatic rings. The van der Waals surface area contributed by atoms with Gasteiger partial charge >= 0.3 is 0 Å². The molecule has 0 bridgehead atoms. The van der Waals surface area contributed by atoms with Crippen molar-refractivity contribution in [3.8, 4) is 11.3 Å². The number of likely N-dealkylation sites (tertiary alicyclic amines) is 1. The molecule has 2 heterocycles. The van der Waals surface area contributed by atoms with E-state index in [9.17, 15) is 9.59 Å². The zero-order valence-electron chi connectivity index (χ0n) is 13.9. The van der Waals surface area contributed by atoms with Gasteiger partial charge < -0.3 is 15.1 Å². The lowest BCUT2D eigenvalue weighted by molar-refractivity contribution is -0.129. The number of nitrogens with two attached hydrogens (primary N) is 1. The second kappa shape index (κ2) is 6.11. The quantitative estimate of drug-likeness (QED) is 0.937. The smallest absolute Gasteiger partial charge is 0.276 e. The monoisotopic (exact) mass is 327 g/mol. The molecule has 0 saturated carbocycles. The van der Waals surface area contributed by atoms with Crippen molar-refractivity contribution < 1.29 is 14.0 Å². The number of benzene rings is 1. The molecule has 1 saturated heterocycles. The minimum Gasteiger partial charge on any atom is -0.443 e. The highest BCUT2D eigenvalue weighted by Crippen LogP contribution is 2.31. The Morgan fingerprint density at radius 1 is 1.38 bits per heavy atom. The maximum Gasteiger partial charge on any atom is 0.276 e. The van der Waals surface area contributed by atoms with Crippen LogP contribution in [0.25, 0.3) is 11.3 Å². The summed E-state index contributed by atoms with van der Waals surface area (Å²) in [6, 6.07) is 7.71. The van der Waals surface area contributed by atoms with Gasteiger partial charge in [0, 0.05) is 18.7 Å². The molecule has 6 nitrogen and oxygen atoms in total. The highest BCUT2D eigenvalue weighted by molar-refractivity contribution is 5.98. The van der Waals surface area contributed by atoms with Gasteiger partial charge in [0.25, 0.3) is 5.91 Å². The summed E-state index contributed by atoms with van der Waals surface area (Å²) in [7, 11) is 0. The summed E-state index contributed by atoms with van der Waals surface area (Å²) in [6.07, 6.45) is 2.71. The van der Waals surface area contributed by atoms with Gasteiger partial charge in [0.05, 0.1) is 5.41 Å². The zero-order valence-corrected chi connectivity index (χ0v) is 13.9. The van der Waals surface area contributed by atoms with E-state index in [4.69, 9.17) is 10.2 Å². The molecule has 1 unspecified atom stereocenters. The Bertz CT molecular complexity index is 783. The molecule has 0 radical (unpaired) electrons. The zero-order chi connectivity index (χ0) is 17.3. The second-order valence-corrected chi connectivity index (χ2v) is 6.65. The van der Waals surface area contributed by atoms with Crippen molar-refractivity contribution in [2.24, 2.45) is 11.1 Å². The number of oxazole rings is 1. The van der Waals surface area contributed by atoms with Crippen molar-refractivity contribution >= 4 is 11.8 Å². The van der Waals surface area contributed by atoms with E-state index in [0.29, 0.717) is 25.3 Å². The summed E-state index contributed by atoms with van der Waals surface area (Å²) < 4.78 is 5.47. The third-order valence-electron chi connectivity index (χ3n) is 4.63. The van der Waals surface area contributed by atoms with Crippen LogP contribution in [0.4, 0.5) is 0 Å². The Hall–Kier alpha value is -2.63. The summed E-state index contributed by atoms with van der Waals surface area (Å²) in [4.78, 5) is 30.4. The number of primary amides is 1. The molecule has 1 aliphatic heterocycles. The van der Waals surface area contributed by atoms with Crippen LogP contribution in [0.15, 0.2) is 35.1 Å². The fourth-order valence-electron chi connectivity index (χ4n) is 3.15. The highest BCUT2D eigenvalue weighted by Gasteiger charge is 2.39.